The Kier molecular flexibility index (Phi) is 5.13. The van der Waals surface area contributed by atoms with E-state index in [1.54, 1.807) is 0 Å². The van der Waals surface area contributed by atoms with Crippen LogP contribution >= 0.6 is 12.2 Å². The van der Waals surface area contributed by atoms with Crippen LogP contribution < -0.4 is 10.6 Å². The van der Waals surface area contributed by atoms with Gasteiger partial charge in [-0.1, -0.05) is 12.1 Å². The first kappa shape index (κ1) is 13.8. The van der Waals surface area contributed by atoms with E-state index < -0.39 is 0 Å². The number of nitriles is 1. The van der Waals surface area contributed by atoms with Crippen molar-refractivity contribution in [2.45, 2.75) is 25.4 Å². The molecule has 0 saturated carbocycles. The lowest BCUT2D eigenvalue weighted by Crippen LogP contribution is -2.34. The molecule has 0 aromatic heterocycles. The van der Waals surface area contributed by atoms with Crippen LogP contribution in [0.25, 0.3) is 0 Å². The molecular formula is C14H17N3OS. The molecule has 0 unspecified atom stereocenters. The monoisotopic (exact) mass is 275 g/mol. The van der Waals surface area contributed by atoms with Crippen LogP contribution in [0.1, 0.15) is 18.4 Å². The van der Waals surface area contributed by atoms with Crippen LogP contribution in [0.2, 0.25) is 0 Å². The Morgan fingerprint density at radius 3 is 2.84 bits per heavy atom. The van der Waals surface area contributed by atoms with Gasteiger partial charge < -0.3 is 15.4 Å². The highest BCUT2D eigenvalue weighted by Crippen LogP contribution is 2.11. The second-order valence-electron chi connectivity index (χ2n) is 4.50. The summed E-state index contributed by atoms with van der Waals surface area (Å²) in [5, 5.41) is 15.5. The summed E-state index contributed by atoms with van der Waals surface area (Å²) in [7, 11) is 0. The molecule has 1 saturated heterocycles. The molecule has 100 valence electrons. The van der Waals surface area contributed by atoms with E-state index in [9.17, 15) is 0 Å². The first-order valence-corrected chi connectivity index (χ1v) is 6.81. The summed E-state index contributed by atoms with van der Waals surface area (Å²) in [5.74, 6) is 0. The number of thiocarbonyl (C=S) groups is 1. The summed E-state index contributed by atoms with van der Waals surface area (Å²) in [6, 6.07) is 9.82. The lowest BCUT2D eigenvalue weighted by atomic mass is 10.1. The molecule has 2 N–H and O–H groups in total. The third-order valence-corrected chi connectivity index (χ3v) is 3.26. The summed E-state index contributed by atoms with van der Waals surface area (Å²) in [5.41, 5.74) is 1.93. The van der Waals surface area contributed by atoms with Crippen LogP contribution in [0.4, 0.5) is 5.69 Å². The molecule has 1 aliphatic heterocycles. The van der Waals surface area contributed by atoms with Gasteiger partial charge in [-0.2, -0.15) is 5.26 Å². The topological polar surface area (TPSA) is 57.1 Å². The Labute approximate surface area is 118 Å². The Morgan fingerprint density at radius 2 is 2.21 bits per heavy atom. The third-order valence-electron chi connectivity index (χ3n) is 3.01. The van der Waals surface area contributed by atoms with Crippen molar-refractivity contribution in [2.75, 3.05) is 18.5 Å². The Hall–Kier alpha value is -1.64. The second-order valence-corrected chi connectivity index (χ2v) is 4.91. The van der Waals surface area contributed by atoms with Gasteiger partial charge in [0.05, 0.1) is 18.6 Å². The van der Waals surface area contributed by atoms with Gasteiger partial charge in [-0.05, 0) is 42.8 Å². The van der Waals surface area contributed by atoms with Crippen molar-refractivity contribution in [1.29, 1.82) is 5.26 Å². The fourth-order valence-electron chi connectivity index (χ4n) is 1.98. The zero-order chi connectivity index (χ0) is 13.5. The average Bonchev–Trinajstić information content (AvgIpc) is 2.92. The third kappa shape index (κ3) is 4.51. The van der Waals surface area contributed by atoms with Crippen molar-refractivity contribution in [3.05, 3.63) is 29.8 Å². The summed E-state index contributed by atoms with van der Waals surface area (Å²) < 4.78 is 5.52. The molecule has 1 heterocycles. The van der Waals surface area contributed by atoms with Crippen molar-refractivity contribution in [3.63, 3.8) is 0 Å². The second kappa shape index (κ2) is 7.07. The number of benzene rings is 1. The predicted octanol–water partition coefficient (Wildman–Crippen LogP) is 2.22. The Bertz CT molecular complexity index is 461. The van der Waals surface area contributed by atoms with Gasteiger partial charge >= 0.3 is 0 Å². The fourth-order valence-corrected chi connectivity index (χ4v) is 2.19. The number of hydrogen-bond acceptors (Lipinski definition) is 3. The zero-order valence-electron chi connectivity index (χ0n) is 10.7. The molecule has 1 aromatic carbocycles. The first-order chi connectivity index (χ1) is 9.28. The summed E-state index contributed by atoms with van der Waals surface area (Å²) in [4.78, 5) is 0. The number of anilines is 1. The van der Waals surface area contributed by atoms with Crippen molar-refractivity contribution in [2.24, 2.45) is 0 Å². The molecule has 2 rings (SSSR count). The number of nitrogens with one attached hydrogen (secondary N) is 2. The van der Waals surface area contributed by atoms with E-state index in [1.807, 2.05) is 24.3 Å². The number of ether oxygens (including phenoxy) is 1. The largest absolute Gasteiger partial charge is 0.376 e. The smallest absolute Gasteiger partial charge is 0.170 e. The lowest BCUT2D eigenvalue weighted by molar-refractivity contribution is 0.114. The van der Waals surface area contributed by atoms with Gasteiger partial charge in [0.25, 0.3) is 0 Å². The average molecular weight is 275 g/mol. The van der Waals surface area contributed by atoms with Crippen molar-refractivity contribution < 1.29 is 4.74 Å². The molecule has 0 aliphatic carbocycles. The maximum atomic E-state index is 8.60. The standard InChI is InChI=1S/C14H17N3OS/c15-8-7-11-3-5-12(6-4-11)17-14(19)16-10-13-2-1-9-18-13/h3-6,13H,1-2,7,9-10H2,(H2,16,17,19)/t13-/m0/s1. The van der Waals surface area contributed by atoms with E-state index in [1.165, 1.54) is 0 Å². The predicted molar refractivity (Wildman–Crippen MR) is 79.0 cm³/mol. The Balaban J connectivity index is 1.76. The zero-order valence-corrected chi connectivity index (χ0v) is 11.5. The molecular weight excluding hydrogens is 258 g/mol. The molecule has 19 heavy (non-hydrogen) atoms. The van der Waals surface area contributed by atoms with Gasteiger partial charge in [-0.15, -0.1) is 0 Å². The van der Waals surface area contributed by atoms with Crippen LogP contribution in [0.3, 0.4) is 0 Å². The summed E-state index contributed by atoms with van der Waals surface area (Å²) >= 11 is 5.22. The van der Waals surface area contributed by atoms with E-state index >= 15 is 0 Å². The molecule has 0 radical (unpaired) electrons. The number of nitrogens with zero attached hydrogens (tertiary/aromatic N) is 1. The van der Waals surface area contributed by atoms with Crippen LogP contribution in [0.5, 0.6) is 0 Å². The number of hydrogen-bond donors (Lipinski definition) is 2. The van der Waals surface area contributed by atoms with Gasteiger partial charge in [-0.25, -0.2) is 0 Å². The quantitative estimate of drug-likeness (QED) is 0.825. The van der Waals surface area contributed by atoms with Gasteiger partial charge in [0.15, 0.2) is 5.11 Å². The highest BCUT2D eigenvalue weighted by molar-refractivity contribution is 7.80. The molecule has 1 aromatic rings. The Morgan fingerprint density at radius 1 is 1.42 bits per heavy atom. The minimum absolute atomic E-state index is 0.276. The van der Waals surface area contributed by atoms with Gasteiger partial charge in [0, 0.05) is 18.8 Å². The van der Waals surface area contributed by atoms with Crippen LogP contribution in [-0.4, -0.2) is 24.4 Å². The SMILES string of the molecule is N#CCc1ccc(NC(=S)NC[C@@H]2CCCO2)cc1. The van der Waals surface area contributed by atoms with E-state index in [2.05, 4.69) is 16.7 Å². The van der Waals surface area contributed by atoms with Crippen LogP contribution in [0, 0.1) is 11.3 Å². The molecule has 1 fully saturated rings. The van der Waals surface area contributed by atoms with E-state index in [0.717, 1.165) is 37.2 Å². The highest BCUT2D eigenvalue weighted by atomic mass is 32.1. The fraction of sp³-hybridized carbons (Fsp3) is 0.429. The minimum Gasteiger partial charge on any atom is -0.376 e. The van der Waals surface area contributed by atoms with Crippen molar-refractivity contribution in [3.8, 4) is 6.07 Å². The summed E-state index contributed by atoms with van der Waals surface area (Å²) in [6.07, 6.45) is 2.94. The molecule has 5 heteroatoms. The molecule has 1 atom stereocenters. The first-order valence-electron chi connectivity index (χ1n) is 6.40. The van der Waals surface area contributed by atoms with Crippen molar-refractivity contribution >= 4 is 23.0 Å². The maximum Gasteiger partial charge on any atom is 0.170 e. The van der Waals surface area contributed by atoms with E-state index in [-0.39, 0.29) is 6.10 Å². The van der Waals surface area contributed by atoms with Crippen LogP contribution in [0.15, 0.2) is 24.3 Å². The van der Waals surface area contributed by atoms with Crippen molar-refractivity contribution in [1.82, 2.24) is 5.32 Å². The molecule has 0 spiro atoms. The van der Waals surface area contributed by atoms with E-state index in [4.69, 9.17) is 22.2 Å². The molecule has 1 aliphatic rings. The molecule has 0 amide bonds. The van der Waals surface area contributed by atoms with Gasteiger partial charge in [-0.3, -0.25) is 0 Å². The summed E-state index contributed by atoms with van der Waals surface area (Å²) in [6.45, 7) is 1.60. The van der Waals surface area contributed by atoms with Crippen LogP contribution in [-0.2, 0) is 11.2 Å². The van der Waals surface area contributed by atoms with E-state index in [0.29, 0.717) is 11.5 Å². The molecule has 4 nitrogen and oxygen atoms in total. The van der Waals surface area contributed by atoms with Gasteiger partial charge in [0.2, 0.25) is 0 Å². The number of rotatable bonds is 4. The van der Waals surface area contributed by atoms with Gasteiger partial charge in [0.1, 0.15) is 0 Å². The lowest BCUT2D eigenvalue weighted by Gasteiger charge is -2.14. The minimum atomic E-state index is 0.276. The molecule has 0 bridgehead atoms. The maximum absolute atomic E-state index is 8.60. The normalized spacial score (nSPS) is 17.7. The highest BCUT2D eigenvalue weighted by Gasteiger charge is 2.15.